The highest BCUT2D eigenvalue weighted by Crippen LogP contribution is 2.37. The van der Waals surface area contributed by atoms with Gasteiger partial charge in [0.25, 0.3) is 0 Å². The van der Waals surface area contributed by atoms with E-state index in [4.69, 9.17) is 11.6 Å². The number of benzene rings is 4. The number of aliphatic hydroxyl groups excluding tert-OH is 1. The van der Waals surface area contributed by atoms with E-state index in [2.05, 4.69) is 0 Å². The van der Waals surface area contributed by atoms with E-state index < -0.39 is 35.0 Å². The minimum Gasteiger partial charge on any atom is -0.380 e. The number of nitrogens with zero attached hydrogens (tertiary/aromatic N) is 1. The van der Waals surface area contributed by atoms with Crippen LogP contribution in [0.25, 0.3) is 16.6 Å². The van der Waals surface area contributed by atoms with Crippen molar-refractivity contribution in [1.29, 1.82) is 0 Å². The summed E-state index contributed by atoms with van der Waals surface area (Å²) in [6, 6.07) is 25.0. The van der Waals surface area contributed by atoms with Gasteiger partial charge in [0.15, 0.2) is 11.6 Å². The first-order chi connectivity index (χ1) is 18.2. The molecule has 0 bridgehead atoms. The molecular formula is C30H19ClF3NO3. The lowest BCUT2D eigenvalue weighted by Gasteiger charge is -2.13. The molecule has 0 fully saturated rings. The van der Waals surface area contributed by atoms with E-state index in [1.807, 2.05) is 0 Å². The first-order valence-corrected chi connectivity index (χ1v) is 11.9. The van der Waals surface area contributed by atoms with Crippen molar-refractivity contribution in [3.63, 3.8) is 0 Å². The van der Waals surface area contributed by atoms with E-state index in [-0.39, 0.29) is 16.1 Å². The van der Waals surface area contributed by atoms with E-state index in [1.165, 1.54) is 12.3 Å². The monoisotopic (exact) mass is 533 g/mol. The Kier molecular flexibility index (Phi) is 6.65. The van der Waals surface area contributed by atoms with Crippen LogP contribution in [0.1, 0.15) is 43.5 Å². The minimum atomic E-state index is -4.76. The number of Topliss-reactive ketones (excluding diaryl/α,β-unsaturated/α-hetero) is 1. The summed E-state index contributed by atoms with van der Waals surface area (Å²) in [5, 5.41) is 10.6. The SMILES string of the molecule is O=C(c1c(Cl)cccc1C(F)(F)F)c1cn(-c2ccc(C(=O)C(O)c3ccccc3)cc2)c2ccccc12. The molecule has 0 radical (unpaired) electrons. The quantitative estimate of drug-likeness (QED) is 0.231. The van der Waals surface area contributed by atoms with Gasteiger partial charge < -0.3 is 9.67 Å². The molecule has 4 aromatic carbocycles. The van der Waals surface area contributed by atoms with Gasteiger partial charge in [-0.3, -0.25) is 9.59 Å². The van der Waals surface area contributed by atoms with Crippen LogP contribution in [0.4, 0.5) is 13.2 Å². The highest BCUT2D eigenvalue weighted by atomic mass is 35.5. The number of carbonyl (C=O) groups excluding carboxylic acids is 2. The van der Waals surface area contributed by atoms with Gasteiger partial charge in [-0.15, -0.1) is 0 Å². The lowest BCUT2D eigenvalue weighted by atomic mass is 9.97. The molecule has 1 unspecified atom stereocenters. The number of carbonyl (C=O) groups is 2. The van der Waals surface area contributed by atoms with Crippen molar-refractivity contribution in [2.75, 3.05) is 0 Å². The van der Waals surface area contributed by atoms with Crippen molar-refractivity contribution >= 4 is 34.1 Å². The normalized spacial score (nSPS) is 12.4. The number of aromatic nitrogens is 1. The number of alkyl halides is 3. The van der Waals surface area contributed by atoms with Gasteiger partial charge in [-0.2, -0.15) is 13.2 Å². The fourth-order valence-electron chi connectivity index (χ4n) is 4.43. The molecule has 0 spiro atoms. The Morgan fingerprint density at radius 1 is 0.816 bits per heavy atom. The van der Waals surface area contributed by atoms with Gasteiger partial charge in [0, 0.05) is 28.4 Å². The zero-order valence-electron chi connectivity index (χ0n) is 19.6. The first kappa shape index (κ1) is 25.4. The summed E-state index contributed by atoms with van der Waals surface area (Å²) in [7, 11) is 0. The predicted molar refractivity (Wildman–Crippen MR) is 139 cm³/mol. The summed E-state index contributed by atoms with van der Waals surface area (Å²) in [4.78, 5) is 26.3. The molecule has 190 valence electrons. The molecule has 0 amide bonds. The Labute approximate surface area is 220 Å². The molecule has 1 N–H and O–H groups in total. The molecule has 0 aliphatic heterocycles. The van der Waals surface area contributed by atoms with Gasteiger partial charge in [0.2, 0.25) is 0 Å². The lowest BCUT2D eigenvalue weighted by Crippen LogP contribution is -2.14. The number of aliphatic hydroxyl groups is 1. The smallest absolute Gasteiger partial charge is 0.380 e. The van der Waals surface area contributed by atoms with E-state index in [0.717, 1.165) is 12.1 Å². The molecule has 1 atom stereocenters. The largest absolute Gasteiger partial charge is 0.417 e. The maximum absolute atomic E-state index is 13.7. The molecule has 8 heteroatoms. The number of para-hydroxylation sites is 1. The fourth-order valence-corrected chi connectivity index (χ4v) is 4.69. The molecular weight excluding hydrogens is 515 g/mol. The van der Waals surface area contributed by atoms with Crippen molar-refractivity contribution in [3.05, 3.63) is 136 Å². The zero-order chi connectivity index (χ0) is 27.0. The molecule has 4 nitrogen and oxygen atoms in total. The van der Waals surface area contributed by atoms with Crippen molar-refractivity contribution in [2.45, 2.75) is 12.3 Å². The Morgan fingerprint density at radius 2 is 1.47 bits per heavy atom. The third kappa shape index (κ3) is 4.62. The predicted octanol–water partition coefficient (Wildman–Crippen LogP) is 7.45. The summed E-state index contributed by atoms with van der Waals surface area (Å²) in [5.41, 5.74) is 0.245. The standard InChI is InChI=1S/C30H19ClF3NO3/c31-24-11-6-10-23(30(32,33)34)26(24)29(38)22-17-35(25-12-5-4-9-21(22)25)20-15-13-19(14-16-20)28(37)27(36)18-7-2-1-3-8-18/h1-17,27,36H. The molecule has 1 aromatic heterocycles. The van der Waals surface area contributed by atoms with Crippen LogP contribution in [0, 0.1) is 0 Å². The van der Waals surface area contributed by atoms with Crippen molar-refractivity contribution in [3.8, 4) is 5.69 Å². The zero-order valence-corrected chi connectivity index (χ0v) is 20.4. The summed E-state index contributed by atoms with van der Waals surface area (Å²) in [6.07, 6.45) is -4.62. The maximum atomic E-state index is 13.7. The molecule has 0 saturated heterocycles. The second-order valence-electron chi connectivity index (χ2n) is 8.64. The van der Waals surface area contributed by atoms with Crippen LogP contribution in [-0.4, -0.2) is 21.2 Å². The third-order valence-electron chi connectivity index (χ3n) is 6.30. The Hall–Kier alpha value is -4.20. The second kappa shape index (κ2) is 9.93. The van der Waals surface area contributed by atoms with E-state index in [9.17, 15) is 27.9 Å². The van der Waals surface area contributed by atoms with Crippen LogP contribution in [0.5, 0.6) is 0 Å². The molecule has 0 aliphatic rings. The van der Waals surface area contributed by atoms with Crippen molar-refractivity contribution < 1.29 is 27.9 Å². The highest BCUT2D eigenvalue weighted by Gasteiger charge is 2.37. The number of fused-ring (bicyclic) bond motifs is 1. The third-order valence-corrected chi connectivity index (χ3v) is 6.61. The average Bonchev–Trinajstić information content (AvgIpc) is 3.31. The Bertz CT molecular complexity index is 1660. The number of ketones is 2. The van der Waals surface area contributed by atoms with E-state index >= 15 is 0 Å². The average molecular weight is 534 g/mol. The highest BCUT2D eigenvalue weighted by molar-refractivity contribution is 6.36. The molecule has 0 saturated carbocycles. The molecule has 5 rings (SSSR count). The van der Waals surface area contributed by atoms with Crippen LogP contribution >= 0.6 is 11.6 Å². The number of rotatable bonds is 6. The van der Waals surface area contributed by atoms with Crippen molar-refractivity contribution in [1.82, 2.24) is 4.57 Å². The summed E-state index contributed by atoms with van der Waals surface area (Å²) in [6.45, 7) is 0. The van der Waals surface area contributed by atoms with Gasteiger partial charge in [0.05, 0.1) is 21.7 Å². The molecule has 1 heterocycles. The Morgan fingerprint density at radius 3 is 2.16 bits per heavy atom. The number of hydrogen-bond acceptors (Lipinski definition) is 3. The molecule has 38 heavy (non-hydrogen) atoms. The topological polar surface area (TPSA) is 59.3 Å². The number of halogens is 4. The van der Waals surface area contributed by atoms with Gasteiger partial charge in [-0.1, -0.05) is 66.2 Å². The first-order valence-electron chi connectivity index (χ1n) is 11.5. The summed E-state index contributed by atoms with van der Waals surface area (Å²) in [5.74, 6) is -1.33. The van der Waals surface area contributed by atoms with Crippen LogP contribution in [-0.2, 0) is 6.18 Å². The molecule has 0 aliphatic carbocycles. The van der Waals surface area contributed by atoms with Gasteiger partial charge in [-0.05, 0) is 48.0 Å². The van der Waals surface area contributed by atoms with E-state index in [0.29, 0.717) is 22.2 Å². The summed E-state index contributed by atoms with van der Waals surface area (Å²) < 4.78 is 42.7. The van der Waals surface area contributed by atoms with Gasteiger partial charge in [0.1, 0.15) is 6.10 Å². The minimum absolute atomic E-state index is 0.0545. The summed E-state index contributed by atoms with van der Waals surface area (Å²) >= 11 is 6.09. The lowest BCUT2D eigenvalue weighted by molar-refractivity contribution is -0.137. The molecule has 5 aromatic rings. The van der Waals surface area contributed by atoms with Gasteiger partial charge in [-0.25, -0.2) is 0 Å². The fraction of sp³-hybridized carbons (Fsp3) is 0.0667. The maximum Gasteiger partial charge on any atom is 0.417 e. The van der Waals surface area contributed by atoms with Crippen LogP contribution < -0.4 is 0 Å². The van der Waals surface area contributed by atoms with Gasteiger partial charge >= 0.3 is 6.18 Å². The number of hydrogen-bond donors (Lipinski definition) is 1. The second-order valence-corrected chi connectivity index (χ2v) is 9.05. The van der Waals surface area contributed by atoms with Crippen LogP contribution in [0.15, 0.2) is 103 Å². The van der Waals surface area contributed by atoms with E-state index in [1.54, 1.807) is 83.4 Å². The van der Waals surface area contributed by atoms with Crippen LogP contribution in [0.2, 0.25) is 5.02 Å². The van der Waals surface area contributed by atoms with Crippen LogP contribution in [0.3, 0.4) is 0 Å². The van der Waals surface area contributed by atoms with Crippen molar-refractivity contribution in [2.24, 2.45) is 0 Å². The Balaban J connectivity index is 1.55.